The van der Waals surface area contributed by atoms with Gasteiger partial charge < -0.3 is 4.74 Å². The van der Waals surface area contributed by atoms with Crippen LogP contribution in [0.4, 0.5) is 0 Å². The maximum absolute atomic E-state index is 6.11. The largest absolute Gasteiger partial charge is 0.472 e. The SMILES string of the molecule is Cc1c(Cl)nc2ncnn2c1OCc1ccccc1Cl. The van der Waals surface area contributed by atoms with E-state index in [4.69, 9.17) is 27.9 Å². The topological polar surface area (TPSA) is 52.3 Å². The Hall–Kier alpha value is -1.85. The van der Waals surface area contributed by atoms with E-state index in [9.17, 15) is 0 Å². The van der Waals surface area contributed by atoms with Crippen LogP contribution in [0.15, 0.2) is 30.6 Å². The van der Waals surface area contributed by atoms with E-state index in [0.717, 1.165) is 5.56 Å². The molecule has 0 radical (unpaired) electrons. The third-order valence-corrected chi connectivity index (χ3v) is 3.61. The molecule has 20 heavy (non-hydrogen) atoms. The molecular formula is C13H10Cl2N4O. The minimum Gasteiger partial charge on any atom is -0.472 e. The fraction of sp³-hybridized carbons (Fsp3) is 0.154. The monoisotopic (exact) mass is 308 g/mol. The van der Waals surface area contributed by atoms with E-state index < -0.39 is 0 Å². The first-order valence-electron chi connectivity index (χ1n) is 5.89. The van der Waals surface area contributed by atoms with Gasteiger partial charge in [0.2, 0.25) is 5.88 Å². The van der Waals surface area contributed by atoms with Gasteiger partial charge in [0.25, 0.3) is 5.78 Å². The molecule has 2 aromatic heterocycles. The van der Waals surface area contributed by atoms with E-state index in [0.29, 0.717) is 34.0 Å². The van der Waals surface area contributed by atoms with Crippen LogP contribution in [0.2, 0.25) is 10.2 Å². The summed E-state index contributed by atoms with van der Waals surface area (Å²) in [5.41, 5.74) is 1.59. The Balaban J connectivity index is 1.97. The van der Waals surface area contributed by atoms with Gasteiger partial charge in [0.15, 0.2) is 0 Å². The van der Waals surface area contributed by atoms with Crippen LogP contribution in [-0.4, -0.2) is 19.6 Å². The minimum absolute atomic E-state index is 0.315. The Morgan fingerprint density at radius 2 is 2.05 bits per heavy atom. The number of hydrogen-bond donors (Lipinski definition) is 0. The summed E-state index contributed by atoms with van der Waals surface area (Å²) in [5, 5.41) is 5.08. The van der Waals surface area contributed by atoms with Gasteiger partial charge in [-0.25, -0.2) is 0 Å². The van der Waals surface area contributed by atoms with Crippen LogP contribution in [0, 0.1) is 6.92 Å². The molecule has 0 spiro atoms. The smallest absolute Gasteiger partial charge is 0.256 e. The van der Waals surface area contributed by atoms with E-state index in [1.165, 1.54) is 10.8 Å². The zero-order valence-corrected chi connectivity index (χ0v) is 12.1. The van der Waals surface area contributed by atoms with Crippen LogP contribution in [0.1, 0.15) is 11.1 Å². The van der Waals surface area contributed by atoms with E-state index in [-0.39, 0.29) is 0 Å². The number of aromatic nitrogens is 4. The van der Waals surface area contributed by atoms with Crippen LogP contribution in [0.25, 0.3) is 5.78 Å². The molecule has 1 aromatic carbocycles. The number of ether oxygens (including phenoxy) is 1. The number of halogens is 2. The molecule has 0 N–H and O–H groups in total. The van der Waals surface area contributed by atoms with Gasteiger partial charge in [0, 0.05) is 16.1 Å². The lowest BCUT2D eigenvalue weighted by Crippen LogP contribution is -2.05. The average molecular weight is 309 g/mol. The molecule has 102 valence electrons. The quantitative estimate of drug-likeness (QED) is 0.697. The molecule has 2 heterocycles. The van der Waals surface area contributed by atoms with Crippen molar-refractivity contribution in [3.63, 3.8) is 0 Å². The Kier molecular flexibility index (Phi) is 3.46. The van der Waals surface area contributed by atoms with Gasteiger partial charge in [0.05, 0.1) is 0 Å². The molecule has 0 bridgehead atoms. The molecule has 0 aliphatic rings. The van der Waals surface area contributed by atoms with Gasteiger partial charge in [-0.15, -0.1) is 0 Å². The first kappa shape index (κ1) is 13.1. The van der Waals surface area contributed by atoms with Crippen molar-refractivity contribution in [2.24, 2.45) is 0 Å². The summed E-state index contributed by atoms with van der Waals surface area (Å²) < 4.78 is 7.32. The summed E-state index contributed by atoms with van der Waals surface area (Å²) >= 11 is 12.2. The van der Waals surface area contributed by atoms with Crippen LogP contribution in [0.3, 0.4) is 0 Å². The second kappa shape index (κ2) is 5.26. The highest BCUT2D eigenvalue weighted by atomic mass is 35.5. The predicted octanol–water partition coefficient (Wildman–Crippen LogP) is 3.32. The molecule has 5 nitrogen and oxygen atoms in total. The van der Waals surface area contributed by atoms with Crippen molar-refractivity contribution in [1.29, 1.82) is 0 Å². The lowest BCUT2D eigenvalue weighted by Gasteiger charge is -2.11. The van der Waals surface area contributed by atoms with Crippen molar-refractivity contribution in [2.45, 2.75) is 13.5 Å². The normalized spacial score (nSPS) is 10.9. The van der Waals surface area contributed by atoms with Crippen molar-refractivity contribution in [3.05, 3.63) is 51.9 Å². The Labute approximate surface area is 125 Å². The van der Waals surface area contributed by atoms with Crippen molar-refractivity contribution < 1.29 is 4.74 Å². The van der Waals surface area contributed by atoms with Crippen molar-refractivity contribution in [2.75, 3.05) is 0 Å². The van der Waals surface area contributed by atoms with Crippen molar-refractivity contribution in [1.82, 2.24) is 19.6 Å². The van der Waals surface area contributed by atoms with E-state index >= 15 is 0 Å². The van der Waals surface area contributed by atoms with E-state index in [1.807, 2.05) is 31.2 Å². The summed E-state index contributed by atoms with van der Waals surface area (Å²) in [4.78, 5) is 8.12. The van der Waals surface area contributed by atoms with Crippen molar-refractivity contribution in [3.8, 4) is 5.88 Å². The number of fused-ring (bicyclic) bond motifs is 1. The third-order valence-electron chi connectivity index (χ3n) is 2.87. The number of rotatable bonds is 3. The molecule has 3 aromatic rings. The van der Waals surface area contributed by atoms with Gasteiger partial charge in [-0.2, -0.15) is 19.6 Å². The Morgan fingerprint density at radius 3 is 2.85 bits per heavy atom. The summed E-state index contributed by atoms with van der Waals surface area (Å²) in [7, 11) is 0. The van der Waals surface area contributed by atoms with E-state index in [1.54, 1.807) is 0 Å². The highest BCUT2D eigenvalue weighted by molar-refractivity contribution is 6.31. The second-order valence-corrected chi connectivity index (χ2v) is 4.95. The fourth-order valence-electron chi connectivity index (χ4n) is 1.80. The van der Waals surface area contributed by atoms with Crippen LogP contribution in [-0.2, 0) is 6.61 Å². The molecule has 0 aliphatic heterocycles. The van der Waals surface area contributed by atoms with Crippen LogP contribution >= 0.6 is 23.2 Å². The first-order valence-corrected chi connectivity index (χ1v) is 6.64. The van der Waals surface area contributed by atoms with Gasteiger partial charge in [-0.3, -0.25) is 0 Å². The second-order valence-electron chi connectivity index (χ2n) is 4.18. The van der Waals surface area contributed by atoms with Gasteiger partial charge in [-0.1, -0.05) is 41.4 Å². The highest BCUT2D eigenvalue weighted by Crippen LogP contribution is 2.25. The molecule has 0 saturated carbocycles. The van der Waals surface area contributed by atoms with Gasteiger partial charge in [-0.05, 0) is 13.0 Å². The van der Waals surface area contributed by atoms with Gasteiger partial charge >= 0.3 is 0 Å². The number of hydrogen-bond acceptors (Lipinski definition) is 4. The summed E-state index contributed by atoms with van der Waals surface area (Å²) in [6.07, 6.45) is 1.40. The summed E-state index contributed by atoms with van der Waals surface area (Å²) in [6.45, 7) is 2.13. The molecular weight excluding hydrogens is 299 g/mol. The first-order chi connectivity index (χ1) is 9.66. The minimum atomic E-state index is 0.315. The standard InChI is InChI=1S/C13H10Cl2N4O/c1-8-11(15)18-13-16-7-17-19(13)12(8)20-6-9-4-2-3-5-10(9)14/h2-5,7H,6H2,1H3. The predicted molar refractivity (Wildman–Crippen MR) is 76.3 cm³/mol. The molecule has 0 atom stereocenters. The maximum Gasteiger partial charge on any atom is 0.256 e. The molecule has 0 aliphatic carbocycles. The van der Waals surface area contributed by atoms with E-state index in [2.05, 4.69) is 15.1 Å². The Bertz CT molecular complexity index is 772. The average Bonchev–Trinajstić information content (AvgIpc) is 2.89. The lowest BCUT2D eigenvalue weighted by atomic mass is 10.2. The summed E-state index contributed by atoms with van der Waals surface area (Å²) in [5.74, 6) is 0.909. The molecule has 3 rings (SSSR count). The van der Waals surface area contributed by atoms with Gasteiger partial charge in [0.1, 0.15) is 18.1 Å². The van der Waals surface area contributed by atoms with Crippen molar-refractivity contribution >= 4 is 29.0 Å². The molecule has 0 saturated heterocycles. The molecule has 0 amide bonds. The zero-order chi connectivity index (χ0) is 14.1. The zero-order valence-electron chi connectivity index (χ0n) is 10.5. The number of benzene rings is 1. The highest BCUT2D eigenvalue weighted by Gasteiger charge is 2.14. The Morgan fingerprint density at radius 1 is 1.25 bits per heavy atom. The lowest BCUT2D eigenvalue weighted by molar-refractivity contribution is 0.283. The molecule has 0 fully saturated rings. The maximum atomic E-state index is 6.11. The molecule has 7 heteroatoms. The van der Waals surface area contributed by atoms with Crippen LogP contribution < -0.4 is 4.74 Å². The summed E-state index contributed by atoms with van der Waals surface area (Å²) in [6, 6.07) is 7.49. The number of nitrogens with zero attached hydrogens (tertiary/aromatic N) is 4. The fourth-order valence-corrected chi connectivity index (χ4v) is 2.15. The molecule has 0 unspecified atom stereocenters. The third kappa shape index (κ3) is 2.30. The van der Waals surface area contributed by atoms with Crippen LogP contribution in [0.5, 0.6) is 5.88 Å².